The van der Waals surface area contributed by atoms with Crippen LogP contribution >= 0.6 is 0 Å². The summed E-state index contributed by atoms with van der Waals surface area (Å²) in [7, 11) is 1.71. The van der Waals surface area contributed by atoms with E-state index in [1.807, 2.05) is 13.8 Å². The lowest BCUT2D eigenvalue weighted by molar-refractivity contribution is -0.00537. The molecule has 3 heteroatoms. The van der Waals surface area contributed by atoms with Crippen LogP contribution in [0.1, 0.15) is 46.0 Å². The molecule has 1 aliphatic heterocycles. The third kappa shape index (κ3) is 4.96. The molecule has 1 aliphatic rings. The second-order valence-electron chi connectivity index (χ2n) is 5.03. The largest absolute Gasteiger partial charge is 0.393 e. The SMILES string of the molecule is COC(C)(C)CCC(O)CC1CCCO1. The highest BCUT2D eigenvalue weighted by atomic mass is 16.5. The van der Waals surface area contributed by atoms with E-state index in [4.69, 9.17) is 9.47 Å². The summed E-state index contributed by atoms with van der Waals surface area (Å²) in [5.74, 6) is 0. The van der Waals surface area contributed by atoms with Gasteiger partial charge in [-0.05, 0) is 46.0 Å². The highest BCUT2D eigenvalue weighted by molar-refractivity contribution is 4.74. The molecule has 0 aromatic carbocycles. The molecule has 0 aromatic rings. The first-order valence-electron chi connectivity index (χ1n) is 5.88. The number of rotatable bonds is 6. The van der Waals surface area contributed by atoms with Crippen LogP contribution in [0.5, 0.6) is 0 Å². The second kappa shape index (κ2) is 5.83. The molecule has 0 spiro atoms. The molecule has 0 amide bonds. The summed E-state index contributed by atoms with van der Waals surface area (Å²) < 4.78 is 10.8. The van der Waals surface area contributed by atoms with Gasteiger partial charge in [0.05, 0.1) is 17.8 Å². The van der Waals surface area contributed by atoms with E-state index in [1.54, 1.807) is 7.11 Å². The first-order chi connectivity index (χ1) is 7.03. The Bertz CT molecular complexity index is 174. The Hall–Kier alpha value is -0.120. The first kappa shape index (κ1) is 12.9. The van der Waals surface area contributed by atoms with Crippen LogP contribution in [0.15, 0.2) is 0 Å². The van der Waals surface area contributed by atoms with Gasteiger partial charge < -0.3 is 14.6 Å². The fourth-order valence-electron chi connectivity index (χ4n) is 1.87. The lowest BCUT2D eigenvalue weighted by atomic mass is 9.97. The smallest absolute Gasteiger partial charge is 0.0623 e. The molecular formula is C12H24O3. The van der Waals surface area contributed by atoms with Crippen molar-refractivity contribution in [2.24, 2.45) is 0 Å². The van der Waals surface area contributed by atoms with Crippen molar-refractivity contribution in [1.82, 2.24) is 0 Å². The van der Waals surface area contributed by atoms with Gasteiger partial charge in [-0.15, -0.1) is 0 Å². The topological polar surface area (TPSA) is 38.7 Å². The summed E-state index contributed by atoms with van der Waals surface area (Å²) in [5, 5.41) is 9.83. The Balaban J connectivity index is 2.15. The van der Waals surface area contributed by atoms with Crippen LogP contribution in [0.2, 0.25) is 0 Å². The number of aliphatic hydroxyl groups excluding tert-OH is 1. The fourth-order valence-corrected chi connectivity index (χ4v) is 1.87. The maximum Gasteiger partial charge on any atom is 0.0623 e. The standard InChI is InChI=1S/C12H24O3/c1-12(2,14-3)7-6-10(13)9-11-5-4-8-15-11/h10-11,13H,4-9H2,1-3H3. The van der Waals surface area contributed by atoms with Crippen molar-refractivity contribution >= 4 is 0 Å². The molecule has 1 fully saturated rings. The highest BCUT2D eigenvalue weighted by Gasteiger charge is 2.22. The molecule has 2 atom stereocenters. The number of aliphatic hydroxyl groups is 1. The van der Waals surface area contributed by atoms with Crippen molar-refractivity contribution in [1.29, 1.82) is 0 Å². The predicted octanol–water partition coefficient (Wildman–Crippen LogP) is 2.12. The van der Waals surface area contributed by atoms with E-state index in [-0.39, 0.29) is 17.8 Å². The minimum absolute atomic E-state index is 0.127. The lowest BCUT2D eigenvalue weighted by Crippen LogP contribution is -2.26. The van der Waals surface area contributed by atoms with Crippen LogP contribution in [0, 0.1) is 0 Å². The zero-order valence-electron chi connectivity index (χ0n) is 10.2. The normalized spacial score (nSPS) is 24.4. The maximum absolute atomic E-state index is 9.83. The quantitative estimate of drug-likeness (QED) is 0.739. The van der Waals surface area contributed by atoms with Gasteiger partial charge in [-0.2, -0.15) is 0 Å². The molecule has 0 radical (unpaired) electrons. The molecule has 1 heterocycles. The number of ether oxygens (including phenoxy) is 2. The minimum atomic E-state index is -0.248. The van der Waals surface area contributed by atoms with Gasteiger partial charge >= 0.3 is 0 Å². The second-order valence-corrected chi connectivity index (χ2v) is 5.03. The molecule has 3 nitrogen and oxygen atoms in total. The van der Waals surface area contributed by atoms with Crippen molar-refractivity contribution < 1.29 is 14.6 Å². The van der Waals surface area contributed by atoms with Gasteiger partial charge in [0.25, 0.3) is 0 Å². The highest BCUT2D eigenvalue weighted by Crippen LogP contribution is 2.22. The van der Waals surface area contributed by atoms with Crippen LogP contribution in [0.4, 0.5) is 0 Å². The van der Waals surface area contributed by atoms with Crippen molar-refractivity contribution in [3.8, 4) is 0 Å². The van der Waals surface area contributed by atoms with E-state index in [9.17, 15) is 5.11 Å². The Morgan fingerprint density at radius 3 is 2.80 bits per heavy atom. The number of hydrogen-bond acceptors (Lipinski definition) is 3. The van der Waals surface area contributed by atoms with Crippen LogP contribution in [-0.4, -0.2) is 36.6 Å². The van der Waals surface area contributed by atoms with Crippen molar-refractivity contribution in [3.05, 3.63) is 0 Å². The molecule has 1 N–H and O–H groups in total. The molecular weight excluding hydrogens is 192 g/mol. The summed E-state index contributed by atoms with van der Waals surface area (Å²) >= 11 is 0. The zero-order valence-corrected chi connectivity index (χ0v) is 10.2. The molecule has 1 saturated heterocycles. The molecule has 0 aliphatic carbocycles. The molecule has 1 rings (SSSR count). The van der Waals surface area contributed by atoms with E-state index < -0.39 is 0 Å². The lowest BCUT2D eigenvalue weighted by Gasteiger charge is -2.24. The van der Waals surface area contributed by atoms with E-state index in [0.29, 0.717) is 0 Å². The summed E-state index contributed by atoms with van der Waals surface area (Å²) in [6, 6.07) is 0. The van der Waals surface area contributed by atoms with Gasteiger partial charge in [0, 0.05) is 13.7 Å². The van der Waals surface area contributed by atoms with E-state index >= 15 is 0 Å². The van der Waals surface area contributed by atoms with Crippen LogP contribution < -0.4 is 0 Å². The van der Waals surface area contributed by atoms with Crippen LogP contribution in [-0.2, 0) is 9.47 Å². The zero-order chi connectivity index (χ0) is 11.3. The molecule has 15 heavy (non-hydrogen) atoms. The number of hydrogen-bond donors (Lipinski definition) is 1. The van der Waals surface area contributed by atoms with Gasteiger partial charge in [-0.1, -0.05) is 0 Å². The van der Waals surface area contributed by atoms with Crippen LogP contribution in [0.3, 0.4) is 0 Å². The summed E-state index contributed by atoms with van der Waals surface area (Å²) in [6.45, 7) is 4.96. The Morgan fingerprint density at radius 2 is 2.27 bits per heavy atom. The summed E-state index contributed by atoms with van der Waals surface area (Å²) in [5.41, 5.74) is -0.127. The van der Waals surface area contributed by atoms with Crippen molar-refractivity contribution in [2.45, 2.75) is 63.8 Å². The van der Waals surface area contributed by atoms with Gasteiger partial charge in [0.15, 0.2) is 0 Å². The fraction of sp³-hybridized carbons (Fsp3) is 1.00. The Kier molecular flexibility index (Phi) is 5.03. The Morgan fingerprint density at radius 1 is 1.53 bits per heavy atom. The minimum Gasteiger partial charge on any atom is -0.393 e. The first-order valence-corrected chi connectivity index (χ1v) is 5.88. The summed E-state index contributed by atoms with van der Waals surface area (Å²) in [6.07, 6.45) is 4.73. The van der Waals surface area contributed by atoms with Crippen molar-refractivity contribution in [3.63, 3.8) is 0 Å². The van der Waals surface area contributed by atoms with Gasteiger partial charge in [0.1, 0.15) is 0 Å². The molecule has 90 valence electrons. The van der Waals surface area contributed by atoms with Gasteiger partial charge in [0.2, 0.25) is 0 Å². The average molecular weight is 216 g/mol. The summed E-state index contributed by atoms with van der Waals surface area (Å²) in [4.78, 5) is 0. The van der Waals surface area contributed by atoms with Crippen molar-refractivity contribution in [2.75, 3.05) is 13.7 Å². The molecule has 2 unspecified atom stereocenters. The maximum atomic E-state index is 9.83. The molecule has 0 bridgehead atoms. The van der Waals surface area contributed by atoms with E-state index in [0.717, 1.165) is 38.7 Å². The van der Waals surface area contributed by atoms with Gasteiger partial charge in [-0.3, -0.25) is 0 Å². The third-order valence-corrected chi connectivity index (χ3v) is 3.19. The average Bonchev–Trinajstić information content (AvgIpc) is 2.68. The van der Waals surface area contributed by atoms with E-state index in [2.05, 4.69) is 0 Å². The predicted molar refractivity (Wildman–Crippen MR) is 59.9 cm³/mol. The van der Waals surface area contributed by atoms with Crippen LogP contribution in [0.25, 0.3) is 0 Å². The number of methoxy groups -OCH3 is 1. The van der Waals surface area contributed by atoms with Gasteiger partial charge in [-0.25, -0.2) is 0 Å². The third-order valence-electron chi connectivity index (χ3n) is 3.19. The monoisotopic (exact) mass is 216 g/mol. The van der Waals surface area contributed by atoms with E-state index in [1.165, 1.54) is 0 Å². The molecule has 0 saturated carbocycles. The molecule has 0 aromatic heterocycles. The Labute approximate surface area is 92.8 Å².